The topological polar surface area (TPSA) is 68.0 Å². The van der Waals surface area contributed by atoms with Crippen molar-refractivity contribution in [3.63, 3.8) is 0 Å². The van der Waals surface area contributed by atoms with Gasteiger partial charge in [0.05, 0.1) is 6.54 Å². The molecule has 5 nitrogen and oxygen atoms in total. The Morgan fingerprint density at radius 1 is 1.30 bits per heavy atom. The lowest BCUT2D eigenvalue weighted by Crippen LogP contribution is -2.20. The zero-order valence-corrected chi connectivity index (χ0v) is 11.6. The maximum absolute atomic E-state index is 12.2. The molecule has 1 aromatic carbocycles. The number of nitrogens with one attached hydrogen (secondary N) is 1. The largest absolute Gasteiger partial charge is 0.417 e. The lowest BCUT2D eigenvalue weighted by Gasteiger charge is -2.06. The summed E-state index contributed by atoms with van der Waals surface area (Å²) in [6.07, 6.45) is 3.64. The number of nitrogens with zero attached hydrogens (tertiary/aromatic N) is 1. The van der Waals surface area contributed by atoms with Crippen molar-refractivity contribution >= 4 is 22.9 Å². The van der Waals surface area contributed by atoms with Gasteiger partial charge >= 0.3 is 5.76 Å². The van der Waals surface area contributed by atoms with Crippen LogP contribution in [0.1, 0.15) is 5.56 Å². The number of aromatic amines is 1. The molecule has 0 spiro atoms. The van der Waals surface area contributed by atoms with Gasteiger partial charge in [-0.15, -0.1) is 11.8 Å². The van der Waals surface area contributed by atoms with Crippen LogP contribution in [0.5, 0.6) is 0 Å². The second-order valence-corrected chi connectivity index (χ2v) is 5.23. The van der Waals surface area contributed by atoms with Crippen LogP contribution in [0.25, 0.3) is 11.1 Å². The van der Waals surface area contributed by atoms with Crippen LogP contribution < -0.4 is 11.3 Å². The van der Waals surface area contributed by atoms with Crippen LogP contribution in [-0.2, 0) is 6.54 Å². The predicted octanol–water partition coefficient (Wildman–Crippen LogP) is 2.05. The first kappa shape index (κ1) is 12.8. The maximum Gasteiger partial charge on any atom is 0.417 e. The first-order chi connectivity index (χ1) is 9.67. The summed E-state index contributed by atoms with van der Waals surface area (Å²) in [5.41, 5.74) is 1.26. The van der Waals surface area contributed by atoms with Crippen LogP contribution in [0.3, 0.4) is 0 Å². The molecular formula is C14H12N2O3S. The van der Waals surface area contributed by atoms with Gasteiger partial charge in [0, 0.05) is 11.1 Å². The fraction of sp³-hybridized carbons (Fsp3) is 0.143. The van der Waals surface area contributed by atoms with Crippen molar-refractivity contribution in [2.75, 3.05) is 6.26 Å². The monoisotopic (exact) mass is 288 g/mol. The molecule has 0 aliphatic heterocycles. The number of pyridine rings is 1. The average molecular weight is 288 g/mol. The summed E-state index contributed by atoms with van der Waals surface area (Å²) in [5.74, 6) is -0.612. The number of oxazole rings is 1. The highest BCUT2D eigenvalue weighted by atomic mass is 32.2. The van der Waals surface area contributed by atoms with E-state index in [2.05, 4.69) is 4.98 Å². The van der Waals surface area contributed by atoms with Crippen LogP contribution in [0.2, 0.25) is 0 Å². The van der Waals surface area contributed by atoms with E-state index in [1.165, 1.54) is 0 Å². The Kier molecular flexibility index (Phi) is 3.23. The number of H-pyrrole nitrogens is 1. The highest BCUT2D eigenvalue weighted by Crippen LogP contribution is 2.16. The van der Waals surface area contributed by atoms with Gasteiger partial charge in [-0.1, -0.05) is 12.1 Å². The van der Waals surface area contributed by atoms with Crippen molar-refractivity contribution in [1.82, 2.24) is 9.55 Å². The SMILES string of the molecule is CSc1cccc(Cn2ccc3oc(=O)[nH]c3c2=O)c1. The van der Waals surface area contributed by atoms with E-state index in [9.17, 15) is 9.59 Å². The lowest BCUT2D eigenvalue weighted by molar-refractivity contribution is 0.555. The molecule has 102 valence electrons. The summed E-state index contributed by atoms with van der Waals surface area (Å²) in [7, 11) is 0. The van der Waals surface area contributed by atoms with Gasteiger partial charge in [-0.05, 0) is 30.0 Å². The lowest BCUT2D eigenvalue weighted by atomic mass is 10.2. The standard InChI is InChI=1S/C14H12N2O3S/c1-20-10-4-2-3-9(7-10)8-16-6-5-11-12(13(16)17)15-14(18)19-11/h2-7H,8H2,1H3,(H,15,18). The van der Waals surface area contributed by atoms with Crippen molar-refractivity contribution in [3.8, 4) is 0 Å². The molecule has 3 rings (SSSR count). The number of fused-ring (bicyclic) bond motifs is 1. The molecule has 0 atom stereocenters. The number of thioether (sulfide) groups is 1. The van der Waals surface area contributed by atoms with E-state index in [4.69, 9.17) is 4.42 Å². The average Bonchev–Trinajstić information content (AvgIpc) is 2.84. The molecular weight excluding hydrogens is 276 g/mol. The van der Waals surface area contributed by atoms with Crippen LogP contribution in [0.4, 0.5) is 0 Å². The molecule has 0 aliphatic carbocycles. The minimum absolute atomic E-state index is 0.207. The van der Waals surface area contributed by atoms with Gasteiger partial charge in [0.15, 0.2) is 11.1 Å². The van der Waals surface area contributed by atoms with Crippen LogP contribution in [0, 0.1) is 0 Å². The number of hydrogen-bond donors (Lipinski definition) is 1. The number of aromatic nitrogens is 2. The molecule has 0 unspecified atom stereocenters. The van der Waals surface area contributed by atoms with Crippen molar-refractivity contribution < 1.29 is 4.42 Å². The first-order valence-electron chi connectivity index (χ1n) is 6.02. The molecule has 20 heavy (non-hydrogen) atoms. The van der Waals surface area contributed by atoms with Crippen molar-refractivity contribution in [1.29, 1.82) is 0 Å². The highest BCUT2D eigenvalue weighted by Gasteiger charge is 2.08. The summed E-state index contributed by atoms with van der Waals surface area (Å²) >= 11 is 1.65. The molecule has 3 aromatic rings. The summed E-state index contributed by atoms with van der Waals surface area (Å²) in [4.78, 5) is 26.9. The Hall–Kier alpha value is -2.21. The number of rotatable bonds is 3. The Morgan fingerprint density at radius 3 is 2.95 bits per heavy atom. The number of hydrogen-bond acceptors (Lipinski definition) is 4. The fourth-order valence-electron chi connectivity index (χ4n) is 2.08. The van der Waals surface area contributed by atoms with E-state index in [0.717, 1.165) is 10.5 Å². The van der Waals surface area contributed by atoms with Gasteiger partial charge in [0.25, 0.3) is 5.56 Å². The quantitative estimate of drug-likeness (QED) is 0.749. The van der Waals surface area contributed by atoms with Gasteiger partial charge < -0.3 is 8.98 Å². The molecule has 2 aromatic heterocycles. The minimum atomic E-state index is -0.612. The molecule has 2 heterocycles. The zero-order chi connectivity index (χ0) is 14.1. The Labute approximate surface area is 118 Å². The molecule has 0 aliphatic rings. The molecule has 6 heteroatoms. The Bertz CT molecular complexity index is 876. The van der Waals surface area contributed by atoms with Gasteiger partial charge in [-0.25, -0.2) is 4.79 Å². The Morgan fingerprint density at radius 2 is 2.15 bits per heavy atom. The second kappa shape index (κ2) is 5.05. The fourth-order valence-corrected chi connectivity index (χ4v) is 2.56. The van der Waals surface area contributed by atoms with E-state index in [1.807, 2.05) is 30.5 Å². The van der Waals surface area contributed by atoms with E-state index in [1.54, 1.807) is 28.6 Å². The third kappa shape index (κ3) is 2.30. The second-order valence-electron chi connectivity index (χ2n) is 4.35. The van der Waals surface area contributed by atoms with Gasteiger partial charge in [-0.3, -0.25) is 9.78 Å². The summed E-state index contributed by atoms with van der Waals surface area (Å²) in [6, 6.07) is 9.61. The normalized spacial score (nSPS) is 11.1. The molecule has 0 amide bonds. The van der Waals surface area contributed by atoms with E-state index in [0.29, 0.717) is 6.54 Å². The molecule has 1 N–H and O–H groups in total. The smallest absolute Gasteiger partial charge is 0.408 e. The van der Waals surface area contributed by atoms with E-state index >= 15 is 0 Å². The summed E-state index contributed by atoms with van der Waals surface area (Å²) in [5, 5.41) is 0. The third-order valence-electron chi connectivity index (χ3n) is 3.04. The van der Waals surface area contributed by atoms with Gasteiger partial charge in [0.1, 0.15) is 0 Å². The van der Waals surface area contributed by atoms with E-state index in [-0.39, 0.29) is 16.7 Å². The first-order valence-corrected chi connectivity index (χ1v) is 7.25. The number of benzene rings is 1. The van der Waals surface area contributed by atoms with Gasteiger partial charge in [-0.2, -0.15) is 0 Å². The molecule has 0 fully saturated rings. The zero-order valence-electron chi connectivity index (χ0n) is 10.8. The summed E-state index contributed by atoms with van der Waals surface area (Å²) < 4.78 is 6.41. The Balaban J connectivity index is 2.04. The molecule has 0 saturated carbocycles. The van der Waals surface area contributed by atoms with Crippen molar-refractivity contribution in [2.45, 2.75) is 11.4 Å². The van der Waals surface area contributed by atoms with Crippen molar-refractivity contribution in [2.24, 2.45) is 0 Å². The highest BCUT2D eigenvalue weighted by molar-refractivity contribution is 7.98. The maximum atomic E-state index is 12.2. The van der Waals surface area contributed by atoms with E-state index < -0.39 is 5.76 Å². The van der Waals surface area contributed by atoms with Crippen molar-refractivity contribution in [3.05, 3.63) is 63.0 Å². The van der Waals surface area contributed by atoms with Crippen LogP contribution in [0.15, 0.2) is 55.4 Å². The third-order valence-corrected chi connectivity index (χ3v) is 3.77. The molecule has 0 saturated heterocycles. The van der Waals surface area contributed by atoms with Crippen LogP contribution >= 0.6 is 11.8 Å². The van der Waals surface area contributed by atoms with Crippen LogP contribution in [-0.4, -0.2) is 15.8 Å². The molecule has 0 radical (unpaired) electrons. The van der Waals surface area contributed by atoms with Gasteiger partial charge in [0.2, 0.25) is 0 Å². The summed E-state index contributed by atoms with van der Waals surface area (Å²) in [6.45, 7) is 0.455. The molecule has 0 bridgehead atoms. The minimum Gasteiger partial charge on any atom is -0.408 e. The predicted molar refractivity (Wildman–Crippen MR) is 78.4 cm³/mol.